The van der Waals surface area contributed by atoms with Crippen molar-refractivity contribution in [2.75, 3.05) is 41.9 Å². The van der Waals surface area contributed by atoms with E-state index in [0.717, 1.165) is 18.3 Å². The molecule has 2 heterocycles. The predicted octanol–water partition coefficient (Wildman–Crippen LogP) is 5.10. The van der Waals surface area contributed by atoms with E-state index >= 15 is 0 Å². The highest BCUT2D eigenvalue weighted by molar-refractivity contribution is 5.97. The SMILES string of the molecule is CC(C)c1cc(Nc2cccc(C(F)(F)F)c2)ccc1C(=O)NNc1ncc(F)c(N2CCOCC2)n1. The van der Waals surface area contributed by atoms with E-state index in [1.54, 1.807) is 23.1 Å². The maximum Gasteiger partial charge on any atom is 0.416 e. The summed E-state index contributed by atoms with van der Waals surface area (Å²) in [4.78, 5) is 22.7. The average Bonchev–Trinajstić information content (AvgIpc) is 2.88. The number of amides is 1. The van der Waals surface area contributed by atoms with E-state index in [-0.39, 0.29) is 23.4 Å². The molecular formula is C25H26F4N6O2. The largest absolute Gasteiger partial charge is 0.416 e. The van der Waals surface area contributed by atoms with Crippen LogP contribution in [-0.2, 0) is 10.9 Å². The van der Waals surface area contributed by atoms with Crippen LogP contribution in [0, 0.1) is 5.82 Å². The summed E-state index contributed by atoms with van der Waals surface area (Å²) in [7, 11) is 0. The number of carbonyl (C=O) groups is 1. The van der Waals surface area contributed by atoms with Gasteiger partial charge in [0.2, 0.25) is 5.95 Å². The van der Waals surface area contributed by atoms with E-state index in [4.69, 9.17) is 4.74 Å². The van der Waals surface area contributed by atoms with Crippen LogP contribution < -0.4 is 21.1 Å². The molecule has 37 heavy (non-hydrogen) atoms. The summed E-state index contributed by atoms with van der Waals surface area (Å²) >= 11 is 0. The Labute approximate surface area is 211 Å². The van der Waals surface area contributed by atoms with Crippen LogP contribution in [0.1, 0.15) is 41.3 Å². The lowest BCUT2D eigenvalue weighted by atomic mass is 9.96. The number of aromatic nitrogens is 2. The zero-order valence-corrected chi connectivity index (χ0v) is 20.2. The topological polar surface area (TPSA) is 91.4 Å². The molecule has 0 unspecified atom stereocenters. The number of anilines is 4. The normalized spacial score (nSPS) is 14.0. The fourth-order valence-electron chi connectivity index (χ4n) is 3.86. The molecule has 1 fully saturated rings. The first-order valence-electron chi connectivity index (χ1n) is 11.6. The van der Waals surface area contributed by atoms with Crippen molar-refractivity contribution in [3.63, 3.8) is 0 Å². The van der Waals surface area contributed by atoms with Crippen molar-refractivity contribution in [3.8, 4) is 0 Å². The van der Waals surface area contributed by atoms with E-state index in [2.05, 4.69) is 26.1 Å². The highest BCUT2D eigenvalue weighted by Gasteiger charge is 2.30. The maximum absolute atomic E-state index is 14.2. The van der Waals surface area contributed by atoms with E-state index < -0.39 is 23.5 Å². The number of ether oxygens (including phenoxy) is 1. The molecule has 0 radical (unpaired) electrons. The zero-order chi connectivity index (χ0) is 26.6. The van der Waals surface area contributed by atoms with Crippen molar-refractivity contribution in [2.45, 2.75) is 25.9 Å². The van der Waals surface area contributed by atoms with Crippen molar-refractivity contribution in [1.29, 1.82) is 0 Å². The second kappa shape index (κ2) is 11.0. The van der Waals surface area contributed by atoms with Gasteiger partial charge in [0.05, 0.1) is 25.0 Å². The number of hydrazine groups is 1. The van der Waals surface area contributed by atoms with Gasteiger partial charge in [0, 0.05) is 30.0 Å². The molecule has 2 aromatic carbocycles. The highest BCUT2D eigenvalue weighted by Crippen LogP contribution is 2.32. The quantitative estimate of drug-likeness (QED) is 0.296. The van der Waals surface area contributed by atoms with Gasteiger partial charge in [0.25, 0.3) is 5.91 Å². The van der Waals surface area contributed by atoms with Gasteiger partial charge in [-0.3, -0.25) is 15.6 Å². The number of nitrogens with one attached hydrogen (secondary N) is 3. The molecule has 1 amide bonds. The van der Waals surface area contributed by atoms with Crippen molar-refractivity contribution in [2.24, 2.45) is 0 Å². The Balaban J connectivity index is 1.48. The average molecular weight is 519 g/mol. The summed E-state index contributed by atoms with van der Waals surface area (Å²) in [5.41, 5.74) is 6.22. The molecule has 3 aromatic rings. The number of carbonyl (C=O) groups excluding carboxylic acids is 1. The second-order valence-corrected chi connectivity index (χ2v) is 8.70. The maximum atomic E-state index is 14.2. The van der Waals surface area contributed by atoms with Crippen LogP contribution in [0.4, 0.5) is 40.7 Å². The minimum Gasteiger partial charge on any atom is -0.378 e. The molecule has 196 valence electrons. The number of alkyl halides is 3. The molecule has 1 aliphatic heterocycles. The number of morpholine rings is 1. The van der Waals surface area contributed by atoms with E-state index in [0.29, 0.717) is 43.1 Å². The summed E-state index contributed by atoms with van der Waals surface area (Å²) in [6.07, 6.45) is -3.42. The van der Waals surface area contributed by atoms with Crippen LogP contribution in [0.15, 0.2) is 48.7 Å². The Morgan fingerprint density at radius 2 is 1.81 bits per heavy atom. The van der Waals surface area contributed by atoms with E-state index in [9.17, 15) is 22.4 Å². The number of hydrogen-bond acceptors (Lipinski definition) is 7. The number of halogens is 4. The molecule has 0 spiro atoms. The van der Waals surface area contributed by atoms with E-state index in [1.807, 2.05) is 13.8 Å². The summed E-state index contributed by atoms with van der Waals surface area (Å²) in [6.45, 7) is 5.67. The van der Waals surface area contributed by atoms with Gasteiger partial charge in [0.1, 0.15) is 0 Å². The molecular weight excluding hydrogens is 492 g/mol. The lowest BCUT2D eigenvalue weighted by Crippen LogP contribution is -2.38. The van der Waals surface area contributed by atoms with Crippen LogP contribution in [0.5, 0.6) is 0 Å². The Morgan fingerprint density at radius 3 is 2.51 bits per heavy atom. The number of hydrogen-bond donors (Lipinski definition) is 3. The summed E-state index contributed by atoms with van der Waals surface area (Å²) in [5.74, 6) is -0.994. The first kappa shape index (κ1) is 26.1. The molecule has 0 bridgehead atoms. The Morgan fingerprint density at radius 1 is 1.08 bits per heavy atom. The fraction of sp³-hybridized carbons (Fsp3) is 0.320. The molecule has 3 N–H and O–H groups in total. The summed E-state index contributed by atoms with van der Waals surface area (Å²) < 4.78 is 58.6. The third kappa shape index (κ3) is 6.45. The van der Waals surface area contributed by atoms with Gasteiger partial charge in [-0.15, -0.1) is 0 Å². The first-order valence-corrected chi connectivity index (χ1v) is 11.6. The van der Waals surface area contributed by atoms with Crippen LogP contribution in [0.2, 0.25) is 0 Å². The molecule has 1 aliphatic rings. The Hall–Kier alpha value is -3.93. The standard InChI is InChI=1S/C25H26F4N6O2/c1-15(2)20-13-18(31-17-5-3-4-16(12-17)25(27,28)29)6-7-19(20)23(36)33-34-24-30-14-21(26)22(32-24)35-8-10-37-11-9-35/h3-7,12-15,31H,8-11H2,1-2H3,(H,33,36)(H,30,32,34). The van der Waals surface area contributed by atoms with Crippen molar-refractivity contribution in [1.82, 2.24) is 15.4 Å². The Kier molecular flexibility index (Phi) is 7.77. The minimum absolute atomic E-state index is 0.0187. The number of benzene rings is 2. The van der Waals surface area contributed by atoms with Crippen molar-refractivity contribution < 1.29 is 27.1 Å². The van der Waals surface area contributed by atoms with Gasteiger partial charge in [-0.2, -0.15) is 18.2 Å². The number of rotatable bonds is 7. The zero-order valence-electron chi connectivity index (χ0n) is 20.2. The van der Waals surface area contributed by atoms with Crippen LogP contribution in [0.3, 0.4) is 0 Å². The lowest BCUT2D eigenvalue weighted by molar-refractivity contribution is -0.137. The van der Waals surface area contributed by atoms with Gasteiger partial charge in [-0.1, -0.05) is 19.9 Å². The first-order chi connectivity index (χ1) is 17.6. The monoisotopic (exact) mass is 518 g/mol. The van der Waals surface area contributed by atoms with Gasteiger partial charge in [0.15, 0.2) is 11.6 Å². The lowest BCUT2D eigenvalue weighted by Gasteiger charge is -2.28. The van der Waals surface area contributed by atoms with Crippen LogP contribution >= 0.6 is 0 Å². The van der Waals surface area contributed by atoms with Gasteiger partial charge in [-0.05, 0) is 47.9 Å². The predicted molar refractivity (Wildman–Crippen MR) is 131 cm³/mol. The molecule has 0 saturated carbocycles. The summed E-state index contributed by atoms with van der Waals surface area (Å²) in [5, 5.41) is 2.96. The third-order valence-electron chi connectivity index (χ3n) is 5.72. The van der Waals surface area contributed by atoms with Gasteiger partial charge >= 0.3 is 6.18 Å². The Bertz CT molecular complexity index is 1260. The van der Waals surface area contributed by atoms with Crippen LogP contribution in [0.25, 0.3) is 0 Å². The molecule has 8 nitrogen and oxygen atoms in total. The van der Waals surface area contributed by atoms with Gasteiger partial charge < -0.3 is 15.0 Å². The second-order valence-electron chi connectivity index (χ2n) is 8.70. The number of nitrogens with zero attached hydrogens (tertiary/aromatic N) is 3. The molecule has 1 saturated heterocycles. The molecule has 12 heteroatoms. The fourth-order valence-corrected chi connectivity index (χ4v) is 3.86. The highest BCUT2D eigenvalue weighted by atomic mass is 19.4. The van der Waals surface area contributed by atoms with Crippen molar-refractivity contribution in [3.05, 3.63) is 71.2 Å². The minimum atomic E-state index is -4.45. The smallest absolute Gasteiger partial charge is 0.378 e. The molecule has 0 atom stereocenters. The summed E-state index contributed by atoms with van der Waals surface area (Å²) in [6, 6.07) is 9.77. The molecule has 4 rings (SSSR count). The van der Waals surface area contributed by atoms with E-state index in [1.165, 1.54) is 12.1 Å². The van der Waals surface area contributed by atoms with Crippen molar-refractivity contribution >= 4 is 29.0 Å². The third-order valence-corrected chi connectivity index (χ3v) is 5.72. The molecule has 0 aliphatic carbocycles. The van der Waals surface area contributed by atoms with Crippen LogP contribution in [-0.4, -0.2) is 42.2 Å². The molecule has 1 aromatic heterocycles. The van der Waals surface area contributed by atoms with Gasteiger partial charge in [-0.25, -0.2) is 9.37 Å².